The summed E-state index contributed by atoms with van der Waals surface area (Å²) in [6.45, 7) is 0.0349. The first-order valence-electron chi connectivity index (χ1n) is 9.32. The molecule has 0 heterocycles. The Morgan fingerprint density at radius 2 is 1.96 bits per heavy atom. The van der Waals surface area contributed by atoms with Crippen molar-refractivity contribution in [2.45, 2.75) is 38.1 Å². The molecule has 1 saturated carbocycles. The quantitative estimate of drug-likeness (QED) is 0.518. The molecule has 0 aliphatic heterocycles. The van der Waals surface area contributed by atoms with Gasteiger partial charge < -0.3 is 25.8 Å². The predicted octanol–water partition coefficient (Wildman–Crippen LogP) is 1.14. The van der Waals surface area contributed by atoms with Gasteiger partial charge in [-0.15, -0.1) is 0 Å². The summed E-state index contributed by atoms with van der Waals surface area (Å²) in [5, 5.41) is 5.67. The van der Waals surface area contributed by atoms with E-state index in [2.05, 4.69) is 10.6 Å². The second kappa shape index (κ2) is 11.0. The Balaban J connectivity index is 1.77. The number of amides is 3. The average Bonchev–Trinajstić information content (AvgIpc) is 3.17. The molecule has 28 heavy (non-hydrogen) atoms. The van der Waals surface area contributed by atoms with Crippen molar-refractivity contribution < 1.29 is 23.9 Å². The maximum absolute atomic E-state index is 11.9. The summed E-state index contributed by atoms with van der Waals surface area (Å²) in [5.74, 6) is -0.0997. The van der Waals surface area contributed by atoms with Gasteiger partial charge in [-0.25, -0.2) is 0 Å². The Morgan fingerprint density at radius 1 is 1.21 bits per heavy atom. The van der Waals surface area contributed by atoms with Crippen molar-refractivity contribution in [3.05, 3.63) is 29.8 Å². The van der Waals surface area contributed by atoms with Gasteiger partial charge in [-0.3, -0.25) is 14.4 Å². The Kier molecular flexibility index (Phi) is 8.33. The Bertz CT molecular complexity index is 727. The van der Waals surface area contributed by atoms with Crippen LogP contribution in [0.4, 0.5) is 0 Å². The summed E-state index contributed by atoms with van der Waals surface area (Å²) in [6, 6.07) is 5.31. The minimum atomic E-state index is -0.584. The molecule has 0 unspecified atom stereocenters. The molecule has 0 atom stereocenters. The van der Waals surface area contributed by atoms with Crippen molar-refractivity contribution in [1.29, 1.82) is 0 Å². The maximum atomic E-state index is 11.9. The van der Waals surface area contributed by atoms with E-state index in [1.807, 2.05) is 0 Å². The molecule has 0 saturated heterocycles. The SMILES string of the molecule is COc1cc(C=CC(=O)NCCC(=O)NC2CCCC2)ccc1OCC(N)=O. The van der Waals surface area contributed by atoms with Crippen molar-refractivity contribution in [1.82, 2.24) is 10.6 Å². The molecule has 0 spiro atoms. The highest BCUT2D eigenvalue weighted by Crippen LogP contribution is 2.28. The van der Waals surface area contributed by atoms with E-state index in [-0.39, 0.29) is 37.4 Å². The van der Waals surface area contributed by atoms with Gasteiger partial charge >= 0.3 is 0 Å². The van der Waals surface area contributed by atoms with Crippen LogP contribution < -0.4 is 25.8 Å². The van der Waals surface area contributed by atoms with Gasteiger partial charge in [0, 0.05) is 25.1 Å². The highest BCUT2D eigenvalue weighted by atomic mass is 16.5. The summed E-state index contributed by atoms with van der Waals surface area (Å²) in [5.41, 5.74) is 5.78. The van der Waals surface area contributed by atoms with Gasteiger partial charge in [0.1, 0.15) is 0 Å². The van der Waals surface area contributed by atoms with E-state index in [9.17, 15) is 14.4 Å². The van der Waals surface area contributed by atoms with Gasteiger partial charge in [0.2, 0.25) is 11.8 Å². The fraction of sp³-hybridized carbons (Fsp3) is 0.450. The summed E-state index contributed by atoms with van der Waals surface area (Å²) in [7, 11) is 1.48. The monoisotopic (exact) mass is 389 g/mol. The number of hydrogen-bond acceptors (Lipinski definition) is 5. The van der Waals surface area contributed by atoms with Crippen molar-refractivity contribution in [2.24, 2.45) is 5.73 Å². The molecule has 3 amide bonds. The number of nitrogens with two attached hydrogens (primary N) is 1. The topological polar surface area (TPSA) is 120 Å². The van der Waals surface area contributed by atoms with Crippen molar-refractivity contribution in [2.75, 3.05) is 20.3 Å². The summed E-state index contributed by atoms with van der Waals surface area (Å²) in [4.78, 5) is 34.5. The fourth-order valence-corrected chi connectivity index (χ4v) is 2.96. The molecule has 0 radical (unpaired) electrons. The third-order valence-corrected chi connectivity index (χ3v) is 4.36. The van der Waals surface area contributed by atoms with Crippen LogP contribution in [0.15, 0.2) is 24.3 Å². The van der Waals surface area contributed by atoms with E-state index >= 15 is 0 Å². The lowest BCUT2D eigenvalue weighted by Crippen LogP contribution is -2.35. The Morgan fingerprint density at radius 3 is 2.64 bits per heavy atom. The lowest BCUT2D eigenvalue weighted by molar-refractivity contribution is -0.122. The van der Waals surface area contributed by atoms with Gasteiger partial charge in [-0.2, -0.15) is 0 Å². The lowest BCUT2D eigenvalue weighted by atomic mass is 10.2. The van der Waals surface area contributed by atoms with E-state index in [1.165, 1.54) is 13.2 Å². The molecule has 1 aliphatic rings. The highest BCUT2D eigenvalue weighted by Gasteiger charge is 2.16. The number of methoxy groups -OCH3 is 1. The van der Waals surface area contributed by atoms with Crippen molar-refractivity contribution in [3.63, 3.8) is 0 Å². The number of benzene rings is 1. The largest absolute Gasteiger partial charge is 0.493 e. The third-order valence-electron chi connectivity index (χ3n) is 4.36. The van der Waals surface area contributed by atoms with Crippen molar-refractivity contribution >= 4 is 23.8 Å². The molecular formula is C20H27N3O5. The molecular weight excluding hydrogens is 362 g/mol. The van der Waals surface area contributed by atoms with Crippen LogP contribution in [-0.2, 0) is 14.4 Å². The van der Waals surface area contributed by atoms with Gasteiger partial charge in [0.15, 0.2) is 18.1 Å². The van der Waals surface area contributed by atoms with Gasteiger partial charge in [-0.1, -0.05) is 18.9 Å². The molecule has 8 heteroatoms. The highest BCUT2D eigenvalue weighted by molar-refractivity contribution is 5.92. The first-order valence-corrected chi connectivity index (χ1v) is 9.32. The van der Waals surface area contributed by atoms with Gasteiger partial charge in [0.05, 0.1) is 7.11 Å². The average molecular weight is 389 g/mol. The van der Waals surface area contributed by atoms with Crippen LogP contribution in [0.1, 0.15) is 37.7 Å². The zero-order valence-corrected chi connectivity index (χ0v) is 16.0. The summed E-state index contributed by atoms with van der Waals surface area (Å²) >= 11 is 0. The number of primary amides is 1. The van der Waals surface area contributed by atoms with Gasteiger partial charge in [0.25, 0.3) is 5.91 Å². The molecule has 152 valence electrons. The summed E-state index contributed by atoms with van der Waals surface area (Å²) in [6.07, 6.45) is 7.66. The summed E-state index contributed by atoms with van der Waals surface area (Å²) < 4.78 is 10.5. The first-order chi connectivity index (χ1) is 13.5. The number of hydrogen-bond donors (Lipinski definition) is 3. The van der Waals surface area contributed by atoms with Crippen LogP contribution in [0.5, 0.6) is 11.5 Å². The minimum Gasteiger partial charge on any atom is -0.493 e. The Hall–Kier alpha value is -3.03. The van der Waals surface area contributed by atoms with Crippen LogP contribution in [0.25, 0.3) is 6.08 Å². The van der Waals surface area contributed by atoms with E-state index < -0.39 is 5.91 Å². The number of carbonyl (C=O) groups is 3. The van der Waals surface area contributed by atoms with E-state index in [1.54, 1.807) is 24.3 Å². The molecule has 0 bridgehead atoms. The van der Waals surface area contributed by atoms with E-state index in [0.29, 0.717) is 11.5 Å². The minimum absolute atomic E-state index is 0.0348. The number of carbonyl (C=O) groups excluding carboxylic acids is 3. The fourth-order valence-electron chi connectivity index (χ4n) is 2.96. The number of rotatable bonds is 10. The van der Waals surface area contributed by atoms with Crippen molar-refractivity contribution in [3.8, 4) is 11.5 Å². The zero-order valence-electron chi connectivity index (χ0n) is 16.0. The molecule has 2 rings (SSSR count). The second-order valence-corrected chi connectivity index (χ2v) is 6.59. The molecule has 4 N–H and O–H groups in total. The molecule has 1 aromatic rings. The Labute approximate surface area is 164 Å². The second-order valence-electron chi connectivity index (χ2n) is 6.59. The van der Waals surface area contributed by atoms with Gasteiger partial charge in [-0.05, 0) is 36.6 Å². The van der Waals surface area contributed by atoms with Crippen LogP contribution >= 0.6 is 0 Å². The van der Waals surface area contributed by atoms with E-state index in [4.69, 9.17) is 15.2 Å². The van der Waals surface area contributed by atoms with Crippen LogP contribution in [-0.4, -0.2) is 44.0 Å². The molecule has 1 aromatic carbocycles. The maximum Gasteiger partial charge on any atom is 0.255 e. The zero-order chi connectivity index (χ0) is 20.4. The third kappa shape index (κ3) is 7.30. The van der Waals surface area contributed by atoms with Crippen LogP contribution in [0.2, 0.25) is 0 Å². The molecule has 1 fully saturated rings. The van der Waals surface area contributed by atoms with E-state index in [0.717, 1.165) is 31.2 Å². The number of nitrogens with one attached hydrogen (secondary N) is 2. The number of ether oxygens (including phenoxy) is 2. The standard InChI is InChI=1S/C20H27N3O5/c1-27-17-12-14(6-8-16(17)28-13-18(21)24)7-9-19(25)22-11-10-20(26)23-15-4-2-3-5-15/h6-9,12,15H,2-5,10-11,13H2,1H3,(H2,21,24)(H,22,25)(H,23,26). The molecule has 0 aromatic heterocycles. The lowest BCUT2D eigenvalue weighted by Gasteiger charge is -2.11. The smallest absolute Gasteiger partial charge is 0.255 e. The normalized spacial score (nSPS) is 14.0. The predicted molar refractivity (Wildman–Crippen MR) is 105 cm³/mol. The molecule has 8 nitrogen and oxygen atoms in total. The first kappa shape index (κ1) is 21.3. The van der Waals surface area contributed by atoms with Crippen LogP contribution in [0.3, 0.4) is 0 Å². The molecule has 1 aliphatic carbocycles. The van der Waals surface area contributed by atoms with Crippen LogP contribution in [0, 0.1) is 0 Å².